The van der Waals surface area contributed by atoms with E-state index in [0.717, 1.165) is 25.2 Å². The van der Waals surface area contributed by atoms with Gasteiger partial charge in [-0.1, -0.05) is 0 Å². The van der Waals surface area contributed by atoms with Gasteiger partial charge in [0.05, 0.1) is 35.6 Å². The van der Waals surface area contributed by atoms with Crippen molar-refractivity contribution in [1.29, 1.82) is 5.26 Å². The molecule has 0 unspecified atom stereocenters. The van der Waals surface area contributed by atoms with Crippen molar-refractivity contribution in [3.05, 3.63) is 64.6 Å². The van der Waals surface area contributed by atoms with E-state index in [1.54, 1.807) is 18.4 Å². The Balaban J connectivity index is 1.32. The molecular formula is C23H23N5O3S. The van der Waals surface area contributed by atoms with E-state index in [9.17, 15) is 9.59 Å². The molecule has 32 heavy (non-hydrogen) atoms. The summed E-state index contributed by atoms with van der Waals surface area (Å²) in [5.74, 6) is 0.296. The monoisotopic (exact) mass is 449 g/mol. The molecule has 8 nitrogen and oxygen atoms in total. The van der Waals surface area contributed by atoms with Crippen molar-refractivity contribution in [3.8, 4) is 6.07 Å². The van der Waals surface area contributed by atoms with E-state index in [-0.39, 0.29) is 18.2 Å². The van der Waals surface area contributed by atoms with Crippen LogP contribution in [0.1, 0.15) is 33.8 Å². The number of anilines is 2. The van der Waals surface area contributed by atoms with Crippen LogP contribution in [0.3, 0.4) is 0 Å². The standard InChI is InChI=1S/C23H23N5O3S/c1-16-20(7-12-31-16)22(30)26-23-25-18(15-32-23)13-21(29)28-9-2-8-27(10-11-28)19-5-3-17(14-24)4-6-19/h3-7,12,15H,2,8-11,13H2,1H3,(H,25,26,30). The van der Waals surface area contributed by atoms with E-state index in [4.69, 9.17) is 9.68 Å². The number of carbonyl (C=O) groups excluding carboxylic acids is 2. The Labute approximate surface area is 190 Å². The van der Waals surface area contributed by atoms with Crippen LogP contribution in [-0.4, -0.2) is 47.9 Å². The zero-order valence-electron chi connectivity index (χ0n) is 17.7. The number of rotatable bonds is 5. The number of nitriles is 1. The highest BCUT2D eigenvalue weighted by Crippen LogP contribution is 2.20. The van der Waals surface area contributed by atoms with E-state index in [0.29, 0.717) is 40.8 Å². The molecule has 0 saturated carbocycles. The number of nitrogens with one attached hydrogen (secondary N) is 1. The Morgan fingerprint density at radius 1 is 1.19 bits per heavy atom. The van der Waals surface area contributed by atoms with Crippen molar-refractivity contribution in [2.75, 3.05) is 36.4 Å². The van der Waals surface area contributed by atoms with E-state index in [1.807, 2.05) is 29.2 Å². The van der Waals surface area contributed by atoms with Gasteiger partial charge in [0, 0.05) is 37.2 Å². The quantitative estimate of drug-likeness (QED) is 0.640. The molecule has 0 bridgehead atoms. The second-order valence-corrected chi connectivity index (χ2v) is 8.40. The second kappa shape index (κ2) is 9.66. The molecule has 1 aliphatic rings. The summed E-state index contributed by atoms with van der Waals surface area (Å²) in [5.41, 5.74) is 2.81. The summed E-state index contributed by atoms with van der Waals surface area (Å²) < 4.78 is 5.16. The van der Waals surface area contributed by atoms with Gasteiger partial charge in [0.1, 0.15) is 5.76 Å². The Bertz CT molecular complexity index is 1150. The molecule has 1 N–H and O–H groups in total. The van der Waals surface area contributed by atoms with Gasteiger partial charge >= 0.3 is 0 Å². The Morgan fingerprint density at radius 3 is 2.72 bits per heavy atom. The SMILES string of the molecule is Cc1occc1C(=O)Nc1nc(CC(=O)N2CCCN(c3ccc(C#N)cc3)CC2)cs1. The summed E-state index contributed by atoms with van der Waals surface area (Å²) >= 11 is 1.30. The summed E-state index contributed by atoms with van der Waals surface area (Å²) in [4.78, 5) is 33.7. The zero-order valence-corrected chi connectivity index (χ0v) is 18.5. The van der Waals surface area contributed by atoms with Crippen molar-refractivity contribution in [1.82, 2.24) is 9.88 Å². The van der Waals surface area contributed by atoms with Gasteiger partial charge < -0.3 is 14.2 Å². The first kappa shape index (κ1) is 21.6. The number of aromatic nitrogens is 1. The third kappa shape index (κ3) is 4.98. The van der Waals surface area contributed by atoms with E-state index < -0.39 is 0 Å². The van der Waals surface area contributed by atoms with Crippen LogP contribution in [-0.2, 0) is 11.2 Å². The molecule has 0 aliphatic carbocycles. The minimum Gasteiger partial charge on any atom is -0.469 e. The molecule has 0 radical (unpaired) electrons. The lowest BCUT2D eigenvalue weighted by Gasteiger charge is -2.23. The minimum atomic E-state index is -0.279. The summed E-state index contributed by atoms with van der Waals surface area (Å²) in [6.07, 6.45) is 2.54. The van der Waals surface area contributed by atoms with Crippen molar-refractivity contribution >= 4 is 34.0 Å². The first-order valence-electron chi connectivity index (χ1n) is 10.4. The first-order valence-corrected chi connectivity index (χ1v) is 11.2. The van der Waals surface area contributed by atoms with Crippen LogP contribution in [0.4, 0.5) is 10.8 Å². The third-order valence-electron chi connectivity index (χ3n) is 5.42. The molecule has 164 valence electrons. The van der Waals surface area contributed by atoms with E-state index >= 15 is 0 Å². The number of thiazole rings is 1. The molecule has 1 saturated heterocycles. The second-order valence-electron chi connectivity index (χ2n) is 7.55. The molecule has 1 fully saturated rings. The topological polar surface area (TPSA) is 102 Å². The molecule has 3 heterocycles. The van der Waals surface area contributed by atoms with Crippen molar-refractivity contribution in [2.24, 2.45) is 0 Å². The number of benzene rings is 1. The molecule has 3 aromatic rings. The van der Waals surface area contributed by atoms with Crippen molar-refractivity contribution in [2.45, 2.75) is 19.8 Å². The average molecular weight is 450 g/mol. The van der Waals surface area contributed by atoms with Gasteiger partial charge in [-0.3, -0.25) is 14.9 Å². The smallest absolute Gasteiger partial charge is 0.260 e. The van der Waals surface area contributed by atoms with E-state index in [1.165, 1.54) is 17.6 Å². The lowest BCUT2D eigenvalue weighted by molar-refractivity contribution is -0.130. The maximum atomic E-state index is 12.8. The Kier molecular flexibility index (Phi) is 6.52. The van der Waals surface area contributed by atoms with Gasteiger partial charge in [-0.25, -0.2) is 4.98 Å². The molecule has 2 aromatic heterocycles. The highest BCUT2D eigenvalue weighted by molar-refractivity contribution is 7.14. The highest BCUT2D eigenvalue weighted by atomic mass is 32.1. The molecule has 2 amide bonds. The predicted octanol–water partition coefficient (Wildman–Crippen LogP) is 3.45. The van der Waals surface area contributed by atoms with Crippen LogP contribution in [0.25, 0.3) is 0 Å². The lowest BCUT2D eigenvalue weighted by Crippen LogP contribution is -2.36. The van der Waals surface area contributed by atoms with Crippen molar-refractivity contribution in [3.63, 3.8) is 0 Å². The zero-order chi connectivity index (χ0) is 22.5. The number of aryl methyl sites for hydroxylation is 1. The number of hydrogen-bond donors (Lipinski definition) is 1. The van der Waals surface area contributed by atoms with Gasteiger partial charge in [0.15, 0.2) is 5.13 Å². The number of carbonyl (C=O) groups is 2. The molecular weight excluding hydrogens is 426 g/mol. The van der Waals surface area contributed by atoms with Gasteiger partial charge in [-0.2, -0.15) is 5.26 Å². The number of nitrogens with zero attached hydrogens (tertiary/aromatic N) is 4. The maximum absolute atomic E-state index is 12.8. The normalized spacial score (nSPS) is 14.0. The highest BCUT2D eigenvalue weighted by Gasteiger charge is 2.21. The Hall–Kier alpha value is -3.64. The summed E-state index contributed by atoms with van der Waals surface area (Å²) in [6.45, 7) is 4.64. The summed E-state index contributed by atoms with van der Waals surface area (Å²) in [6, 6.07) is 11.3. The first-order chi connectivity index (χ1) is 15.5. The van der Waals surface area contributed by atoms with Gasteiger partial charge in [-0.05, 0) is 43.7 Å². The fourth-order valence-corrected chi connectivity index (χ4v) is 4.37. The number of furan rings is 1. The summed E-state index contributed by atoms with van der Waals surface area (Å²) in [7, 11) is 0. The largest absolute Gasteiger partial charge is 0.469 e. The molecule has 1 aromatic carbocycles. The fourth-order valence-electron chi connectivity index (χ4n) is 3.67. The minimum absolute atomic E-state index is 0.0283. The average Bonchev–Trinajstić information content (AvgIpc) is 3.34. The van der Waals surface area contributed by atoms with Crippen LogP contribution in [0.5, 0.6) is 0 Å². The molecule has 0 spiro atoms. The van der Waals surface area contributed by atoms with E-state index in [2.05, 4.69) is 21.3 Å². The van der Waals surface area contributed by atoms with Gasteiger partial charge in [0.25, 0.3) is 5.91 Å². The van der Waals surface area contributed by atoms with Gasteiger partial charge in [-0.15, -0.1) is 11.3 Å². The predicted molar refractivity (Wildman–Crippen MR) is 122 cm³/mol. The van der Waals surface area contributed by atoms with Crippen LogP contribution in [0.2, 0.25) is 0 Å². The Morgan fingerprint density at radius 2 is 2.00 bits per heavy atom. The van der Waals surface area contributed by atoms with Crippen LogP contribution in [0.15, 0.2) is 46.4 Å². The van der Waals surface area contributed by atoms with Crippen LogP contribution >= 0.6 is 11.3 Å². The number of amides is 2. The number of hydrogen-bond acceptors (Lipinski definition) is 7. The van der Waals surface area contributed by atoms with Gasteiger partial charge in [0.2, 0.25) is 5.91 Å². The van der Waals surface area contributed by atoms with Crippen molar-refractivity contribution < 1.29 is 14.0 Å². The van der Waals surface area contributed by atoms with Crippen LogP contribution < -0.4 is 10.2 Å². The lowest BCUT2D eigenvalue weighted by atomic mass is 10.2. The maximum Gasteiger partial charge on any atom is 0.260 e. The fraction of sp³-hybridized carbons (Fsp3) is 0.304. The van der Waals surface area contributed by atoms with Crippen LogP contribution in [0, 0.1) is 18.3 Å². The summed E-state index contributed by atoms with van der Waals surface area (Å²) in [5, 5.41) is 14.0. The molecule has 0 atom stereocenters. The molecule has 9 heteroatoms. The molecule has 4 rings (SSSR count). The third-order valence-corrected chi connectivity index (χ3v) is 6.22. The molecule has 1 aliphatic heterocycles.